The lowest BCUT2D eigenvalue weighted by Gasteiger charge is -2.10. The van der Waals surface area contributed by atoms with Crippen LogP contribution < -0.4 is 5.73 Å². The topological polar surface area (TPSA) is 56.0 Å². The Morgan fingerprint density at radius 1 is 1.54 bits per heavy atom. The van der Waals surface area contributed by atoms with Crippen LogP contribution in [-0.4, -0.2) is 17.3 Å². The van der Waals surface area contributed by atoms with Crippen LogP contribution in [0.25, 0.3) is 0 Å². The van der Waals surface area contributed by atoms with Crippen LogP contribution >= 0.6 is 0 Å². The highest BCUT2D eigenvalue weighted by Crippen LogP contribution is 2.07. The molecule has 0 unspecified atom stereocenters. The van der Waals surface area contributed by atoms with Crippen LogP contribution in [0.2, 0.25) is 0 Å². The Kier molecular flexibility index (Phi) is 3.58. The summed E-state index contributed by atoms with van der Waals surface area (Å²) in [7, 11) is 0. The van der Waals surface area contributed by atoms with Crippen LogP contribution in [0.5, 0.6) is 0 Å². The monoisotopic (exact) mass is 178 g/mol. The first-order valence-corrected chi connectivity index (χ1v) is 4.33. The van der Waals surface area contributed by atoms with Crippen molar-refractivity contribution in [1.82, 2.24) is 4.98 Å². The van der Waals surface area contributed by atoms with Gasteiger partial charge in [0.15, 0.2) is 0 Å². The zero-order chi connectivity index (χ0) is 9.68. The van der Waals surface area contributed by atoms with Crippen LogP contribution in [-0.2, 0) is 11.2 Å². The van der Waals surface area contributed by atoms with Crippen molar-refractivity contribution >= 4 is 5.78 Å². The Labute approximate surface area is 78.0 Å². The van der Waals surface area contributed by atoms with E-state index in [1.807, 2.05) is 12.1 Å². The van der Waals surface area contributed by atoms with Crippen molar-refractivity contribution in [2.24, 2.45) is 11.7 Å². The molecule has 0 fully saturated rings. The molecule has 0 saturated heterocycles. The molecule has 1 aromatic rings. The average molecular weight is 178 g/mol. The molecule has 0 saturated carbocycles. The number of hydrogen-bond donors (Lipinski definition) is 1. The summed E-state index contributed by atoms with van der Waals surface area (Å²) in [6.45, 7) is 2.00. The summed E-state index contributed by atoms with van der Waals surface area (Å²) in [4.78, 5) is 15.0. The molecule has 0 spiro atoms. The van der Waals surface area contributed by atoms with Gasteiger partial charge in [-0.1, -0.05) is 0 Å². The van der Waals surface area contributed by atoms with E-state index in [-0.39, 0.29) is 11.7 Å². The molecule has 0 bridgehead atoms. The molecule has 1 aromatic heterocycles. The second kappa shape index (κ2) is 4.72. The van der Waals surface area contributed by atoms with E-state index < -0.39 is 0 Å². The fourth-order valence-corrected chi connectivity index (χ4v) is 1.20. The lowest BCUT2D eigenvalue weighted by Crippen LogP contribution is -2.23. The smallest absolute Gasteiger partial charge is 0.134 e. The Bertz CT molecular complexity index is 272. The Morgan fingerprint density at radius 3 is 2.62 bits per heavy atom. The Hall–Kier alpha value is -1.22. The quantitative estimate of drug-likeness (QED) is 0.741. The summed E-state index contributed by atoms with van der Waals surface area (Å²) in [5.74, 6) is 0.0988. The first-order chi connectivity index (χ1) is 6.24. The third-order valence-corrected chi connectivity index (χ3v) is 2.09. The van der Waals surface area contributed by atoms with Crippen LogP contribution in [0.4, 0.5) is 0 Å². The summed E-state index contributed by atoms with van der Waals surface area (Å²) >= 11 is 0. The largest absolute Gasteiger partial charge is 0.330 e. The molecule has 3 heteroatoms. The molecule has 0 aliphatic carbocycles. The number of ketones is 1. The number of aromatic nitrogens is 1. The molecular weight excluding hydrogens is 164 g/mol. The molecule has 0 aromatic carbocycles. The number of hydrogen-bond acceptors (Lipinski definition) is 3. The third-order valence-electron chi connectivity index (χ3n) is 2.09. The predicted octanol–water partition coefficient (Wildman–Crippen LogP) is 0.788. The third kappa shape index (κ3) is 2.95. The van der Waals surface area contributed by atoms with Gasteiger partial charge in [-0.2, -0.15) is 0 Å². The molecule has 13 heavy (non-hydrogen) atoms. The molecule has 1 atom stereocenters. The van der Waals surface area contributed by atoms with Gasteiger partial charge < -0.3 is 5.73 Å². The number of Topliss-reactive ketones (excluding diaryl/α,β-unsaturated/α-hetero) is 1. The highest BCUT2D eigenvalue weighted by Gasteiger charge is 2.12. The van der Waals surface area contributed by atoms with E-state index in [1.165, 1.54) is 0 Å². The standard InChI is InChI=1S/C10H14N2O/c1-8(13)10(7-11)6-9-2-4-12-5-3-9/h2-5,10H,6-7,11H2,1H3/t10-/m1/s1. The average Bonchev–Trinajstić information content (AvgIpc) is 2.15. The Morgan fingerprint density at radius 2 is 2.15 bits per heavy atom. The SMILES string of the molecule is CC(=O)[C@@H](CN)Cc1ccncc1. The highest BCUT2D eigenvalue weighted by molar-refractivity contribution is 5.78. The zero-order valence-corrected chi connectivity index (χ0v) is 7.73. The van der Waals surface area contributed by atoms with Crippen molar-refractivity contribution < 1.29 is 4.79 Å². The summed E-state index contributed by atoms with van der Waals surface area (Å²) in [6, 6.07) is 3.82. The molecule has 0 aliphatic heterocycles. The van der Waals surface area contributed by atoms with Crippen LogP contribution in [0.15, 0.2) is 24.5 Å². The molecule has 0 radical (unpaired) electrons. The van der Waals surface area contributed by atoms with Gasteiger partial charge in [-0.25, -0.2) is 0 Å². The summed E-state index contributed by atoms with van der Waals surface area (Å²) < 4.78 is 0. The maximum absolute atomic E-state index is 11.1. The van der Waals surface area contributed by atoms with Gasteiger partial charge in [0.2, 0.25) is 0 Å². The molecule has 70 valence electrons. The lowest BCUT2D eigenvalue weighted by atomic mass is 9.97. The predicted molar refractivity (Wildman–Crippen MR) is 51.2 cm³/mol. The van der Waals surface area contributed by atoms with Gasteiger partial charge >= 0.3 is 0 Å². The summed E-state index contributed by atoms with van der Waals surface area (Å²) in [5.41, 5.74) is 6.60. The van der Waals surface area contributed by atoms with E-state index in [4.69, 9.17) is 5.73 Å². The van der Waals surface area contributed by atoms with Crippen molar-refractivity contribution in [3.8, 4) is 0 Å². The van der Waals surface area contributed by atoms with E-state index in [1.54, 1.807) is 19.3 Å². The van der Waals surface area contributed by atoms with Gasteiger partial charge in [0, 0.05) is 24.9 Å². The number of pyridine rings is 1. The number of nitrogens with two attached hydrogens (primary N) is 1. The van der Waals surface area contributed by atoms with Gasteiger partial charge in [-0.3, -0.25) is 9.78 Å². The van der Waals surface area contributed by atoms with E-state index >= 15 is 0 Å². The van der Waals surface area contributed by atoms with Crippen molar-refractivity contribution in [3.05, 3.63) is 30.1 Å². The first kappa shape index (κ1) is 9.86. The van der Waals surface area contributed by atoms with Crippen LogP contribution in [0.3, 0.4) is 0 Å². The van der Waals surface area contributed by atoms with Gasteiger partial charge in [0.1, 0.15) is 5.78 Å². The number of nitrogens with zero attached hydrogens (tertiary/aromatic N) is 1. The summed E-state index contributed by atoms with van der Waals surface area (Å²) in [5, 5.41) is 0. The molecule has 1 rings (SSSR count). The minimum atomic E-state index is -0.0533. The summed E-state index contributed by atoms with van der Waals surface area (Å²) in [6.07, 6.45) is 4.17. The fraction of sp³-hybridized carbons (Fsp3) is 0.400. The number of carbonyl (C=O) groups excluding carboxylic acids is 1. The number of carbonyl (C=O) groups is 1. The van der Waals surface area contributed by atoms with Gasteiger partial charge in [-0.15, -0.1) is 0 Å². The fourth-order valence-electron chi connectivity index (χ4n) is 1.20. The van der Waals surface area contributed by atoms with Gasteiger partial charge in [0.25, 0.3) is 0 Å². The normalized spacial score (nSPS) is 12.5. The minimum absolute atomic E-state index is 0.0533. The van der Waals surface area contributed by atoms with E-state index in [9.17, 15) is 4.79 Å². The Balaban J connectivity index is 2.62. The maximum atomic E-state index is 11.1. The van der Waals surface area contributed by atoms with Crippen LogP contribution in [0, 0.1) is 5.92 Å². The van der Waals surface area contributed by atoms with Crippen molar-refractivity contribution in [2.45, 2.75) is 13.3 Å². The van der Waals surface area contributed by atoms with E-state index in [2.05, 4.69) is 4.98 Å². The highest BCUT2D eigenvalue weighted by atomic mass is 16.1. The molecule has 0 aliphatic rings. The minimum Gasteiger partial charge on any atom is -0.330 e. The van der Waals surface area contributed by atoms with Gasteiger partial charge in [0.05, 0.1) is 0 Å². The van der Waals surface area contributed by atoms with Crippen molar-refractivity contribution in [1.29, 1.82) is 0 Å². The second-order valence-electron chi connectivity index (χ2n) is 3.10. The first-order valence-electron chi connectivity index (χ1n) is 4.33. The van der Waals surface area contributed by atoms with Crippen molar-refractivity contribution in [3.63, 3.8) is 0 Å². The van der Waals surface area contributed by atoms with Crippen LogP contribution in [0.1, 0.15) is 12.5 Å². The molecule has 1 heterocycles. The van der Waals surface area contributed by atoms with Gasteiger partial charge in [-0.05, 0) is 31.0 Å². The molecule has 2 N–H and O–H groups in total. The maximum Gasteiger partial charge on any atom is 0.134 e. The van der Waals surface area contributed by atoms with Crippen molar-refractivity contribution in [2.75, 3.05) is 6.54 Å². The molecule has 0 amide bonds. The molecular formula is C10H14N2O. The second-order valence-corrected chi connectivity index (χ2v) is 3.10. The number of rotatable bonds is 4. The molecule has 3 nitrogen and oxygen atoms in total. The lowest BCUT2D eigenvalue weighted by molar-refractivity contribution is -0.120. The van der Waals surface area contributed by atoms with E-state index in [0.29, 0.717) is 13.0 Å². The van der Waals surface area contributed by atoms with E-state index in [0.717, 1.165) is 5.56 Å². The zero-order valence-electron chi connectivity index (χ0n) is 7.73.